The molecule has 17 heavy (non-hydrogen) atoms. The van der Waals surface area contributed by atoms with Crippen molar-refractivity contribution in [2.75, 3.05) is 0 Å². The number of hydrogen-bond donors (Lipinski definition) is 1. The number of nitrogens with one attached hydrogen (secondary N) is 1. The first-order chi connectivity index (χ1) is 7.82. The fraction of sp³-hybridized carbons (Fsp3) is 0.455. The van der Waals surface area contributed by atoms with Crippen molar-refractivity contribution in [3.8, 4) is 0 Å². The van der Waals surface area contributed by atoms with E-state index in [1.165, 1.54) is 0 Å². The zero-order chi connectivity index (χ0) is 12.7. The highest BCUT2D eigenvalue weighted by Gasteiger charge is 2.36. The Kier molecular flexibility index (Phi) is 3.69. The van der Waals surface area contributed by atoms with Crippen LogP contribution in [0.15, 0.2) is 32.0 Å². The summed E-state index contributed by atoms with van der Waals surface area (Å²) in [5, 5.41) is 0. The number of sulfonamides is 1. The van der Waals surface area contributed by atoms with Crippen molar-refractivity contribution in [3.63, 3.8) is 0 Å². The first-order valence-electron chi connectivity index (χ1n) is 5.31. The molecular weight excluding hydrogens is 370 g/mol. The van der Waals surface area contributed by atoms with Crippen LogP contribution in [0.1, 0.15) is 26.2 Å². The van der Waals surface area contributed by atoms with Crippen LogP contribution in [0.4, 0.5) is 0 Å². The van der Waals surface area contributed by atoms with E-state index < -0.39 is 10.0 Å². The second kappa shape index (κ2) is 4.64. The van der Waals surface area contributed by atoms with Crippen LogP contribution in [0, 0.1) is 0 Å². The van der Waals surface area contributed by atoms with E-state index in [0.717, 1.165) is 23.7 Å². The fourth-order valence-corrected chi connectivity index (χ4v) is 4.84. The maximum atomic E-state index is 12.3. The lowest BCUT2D eigenvalue weighted by Crippen LogP contribution is -2.50. The van der Waals surface area contributed by atoms with E-state index in [2.05, 4.69) is 36.6 Å². The van der Waals surface area contributed by atoms with Crippen LogP contribution >= 0.6 is 31.9 Å². The second-order valence-electron chi connectivity index (χ2n) is 4.59. The summed E-state index contributed by atoms with van der Waals surface area (Å²) in [5.41, 5.74) is -0.277. The quantitative estimate of drug-likeness (QED) is 0.870. The van der Waals surface area contributed by atoms with Gasteiger partial charge in [-0.25, -0.2) is 13.1 Å². The molecule has 1 aliphatic carbocycles. The Balaban J connectivity index is 2.34. The van der Waals surface area contributed by atoms with Gasteiger partial charge in [0.2, 0.25) is 10.0 Å². The predicted octanol–water partition coefficient (Wildman–Crippen LogP) is 3.43. The lowest BCUT2D eigenvalue weighted by atomic mass is 9.80. The molecule has 6 heteroatoms. The molecule has 2 rings (SSSR count). The Labute approximate surface area is 118 Å². The summed E-state index contributed by atoms with van der Waals surface area (Å²) in [6, 6.07) is 5.13. The van der Waals surface area contributed by atoms with E-state index in [9.17, 15) is 8.42 Å². The van der Waals surface area contributed by atoms with Gasteiger partial charge in [-0.1, -0.05) is 15.9 Å². The molecular formula is C11H13Br2NO2S. The smallest absolute Gasteiger partial charge is 0.207 e. The van der Waals surface area contributed by atoms with Gasteiger partial charge in [0.05, 0.1) is 4.90 Å². The van der Waals surface area contributed by atoms with Crippen molar-refractivity contribution in [3.05, 3.63) is 27.1 Å². The lowest BCUT2D eigenvalue weighted by molar-refractivity contribution is 0.248. The summed E-state index contributed by atoms with van der Waals surface area (Å²) in [4.78, 5) is 0.278. The minimum Gasteiger partial charge on any atom is -0.207 e. The van der Waals surface area contributed by atoms with Gasteiger partial charge in [0.1, 0.15) is 0 Å². The molecule has 0 spiro atoms. The highest BCUT2D eigenvalue weighted by molar-refractivity contribution is 9.11. The topological polar surface area (TPSA) is 46.2 Å². The monoisotopic (exact) mass is 381 g/mol. The average molecular weight is 383 g/mol. The SMILES string of the molecule is CC1(NS(=O)(=O)c2cc(Br)ccc2Br)CCC1. The van der Waals surface area contributed by atoms with E-state index in [0.29, 0.717) is 4.47 Å². The maximum absolute atomic E-state index is 12.3. The second-order valence-corrected chi connectivity index (χ2v) is 8.02. The van der Waals surface area contributed by atoms with E-state index >= 15 is 0 Å². The van der Waals surface area contributed by atoms with Crippen LogP contribution < -0.4 is 4.72 Å². The number of halogens is 2. The van der Waals surface area contributed by atoms with Crippen molar-refractivity contribution in [2.45, 2.75) is 36.6 Å². The molecule has 1 aromatic rings. The largest absolute Gasteiger partial charge is 0.242 e. The molecule has 0 aromatic heterocycles. The van der Waals surface area contributed by atoms with Crippen LogP contribution in [0.2, 0.25) is 0 Å². The predicted molar refractivity (Wildman–Crippen MR) is 74.4 cm³/mol. The summed E-state index contributed by atoms with van der Waals surface area (Å²) in [6.07, 6.45) is 2.88. The van der Waals surface area contributed by atoms with Crippen molar-refractivity contribution in [1.82, 2.24) is 4.72 Å². The van der Waals surface area contributed by atoms with Gasteiger partial charge in [0.25, 0.3) is 0 Å². The normalized spacial score (nSPS) is 18.8. The third-order valence-electron chi connectivity index (χ3n) is 3.02. The first kappa shape index (κ1) is 13.5. The highest BCUT2D eigenvalue weighted by Crippen LogP contribution is 2.34. The van der Waals surface area contributed by atoms with Gasteiger partial charge >= 0.3 is 0 Å². The Hall–Kier alpha value is 0.0900. The molecule has 1 aromatic carbocycles. The molecule has 0 aliphatic heterocycles. The van der Waals surface area contributed by atoms with Crippen LogP contribution in [-0.2, 0) is 10.0 Å². The van der Waals surface area contributed by atoms with Crippen LogP contribution in [0.25, 0.3) is 0 Å². The summed E-state index contributed by atoms with van der Waals surface area (Å²) in [5.74, 6) is 0. The van der Waals surface area contributed by atoms with Crippen molar-refractivity contribution >= 4 is 41.9 Å². The molecule has 1 N–H and O–H groups in total. The van der Waals surface area contributed by atoms with Crippen LogP contribution in [0.3, 0.4) is 0 Å². The summed E-state index contributed by atoms with van der Waals surface area (Å²) in [6.45, 7) is 1.94. The molecule has 94 valence electrons. The van der Waals surface area contributed by atoms with E-state index in [4.69, 9.17) is 0 Å². The van der Waals surface area contributed by atoms with Gasteiger partial charge in [-0.05, 0) is 60.3 Å². The molecule has 0 heterocycles. The Morgan fingerprint density at radius 2 is 1.94 bits per heavy atom. The van der Waals surface area contributed by atoms with Gasteiger partial charge in [-0.15, -0.1) is 0 Å². The molecule has 1 fully saturated rings. The van der Waals surface area contributed by atoms with E-state index in [1.54, 1.807) is 18.2 Å². The van der Waals surface area contributed by atoms with Gasteiger partial charge in [-0.3, -0.25) is 0 Å². The standard InChI is InChI=1S/C11H13Br2NO2S/c1-11(5-2-6-11)14-17(15,16)10-7-8(12)3-4-9(10)13/h3-4,7,14H,2,5-6H2,1H3. The van der Waals surface area contributed by atoms with Gasteiger partial charge in [0.15, 0.2) is 0 Å². The van der Waals surface area contributed by atoms with Crippen LogP contribution in [-0.4, -0.2) is 14.0 Å². The number of benzene rings is 1. The molecule has 0 saturated heterocycles. The molecule has 0 radical (unpaired) electrons. The molecule has 1 saturated carbocycles. The highest BCUT2D eigenvalue weighted by atomic mass is 79.9. The van der Waals surface area contributed by atoms with Crippen molar-refractivity contribution < 1.29 is 8.42 Å². The van der Waals surface area contributed by atoms with Gasteiger partial charge < -0.3 is 0 Å². The zero-order valence-corrected chi connectivity index (χ0v) is 13.3. The van der Waals surface area contributed by atoms with E-state index in [-0.39, 0.29) is 10.4 Å². The third-order valence-corrected chi connectivity index (χ3v) is 6.15. The fourth-order valence-electron chi connectivity index (χ4n) is 1.87. The molecule has 1 aliphatic rings. The van der Waals surface area contributed by atoms with Crippen LogP contribution in [0.5, 0.6) is 0 Å². The van der Waals surface area contributed by atoms with Crippen molar-refractivity contribution in [2.24, 2.45) is 0 Å². The molecule has 3 nitrogen and oxygen atoms in total. The zero-order valence-electron chi connectivity index (χ0n) is 9.33. The number of rotatable bonds is 3. The molecule has 0 amide bonds. The molecule has 0 unspecified atom stereocenters. The van der Waals surface area contributed by atoms with E-state index in [1.807, 2.05) is 6.92 Å². The minimum atomic E-state index is -3.46. The summed E-state index contributed by atoms with van der Waals surface area (Å²) >= 11 is 6.56. The van der Waals surface area contributed by atoms with Crippen molar-refractivity contribution in [1.29, 1.82) is 0 Å². The lowest BCUT2D eigenvalue weighted by Gasteiger charge is -2.38. The van der Waals surface area contributed by atoms with Gasteiger partial charge in [0, 0.05) is 14.5 Å². The Morgan fingerprint density at radius 1 is 1.29 bits per heavy atom. The Bertz CT molecular complexity index is 538. The number of hydrogen-bond acceptors (Lipinski definition) is 2. The summed E-state index contributed by atoms with van der Waals surface area (Å²) < 4.78 is 28.6. The Morgan fingerprint density at radius 3 is 2.47 bits per heavy atom. The maximum Gasteiger partial charge on any atom is 0.242 e. The summed E-state index contributed by atoms with van der Waals surface area (Å²) in [7, 11) is -3.46. The first-order valence-corrected chi connectivity index (χ1v) is 8.38. The third kappa shape index (κ3) is 2.92. The minimum absolute atomic E-state index is 0.277. The molecule has 0 bridgehead atoms. The average Bonchev–Trinajstić information content (AvgIpc) is 2.18. The van der Waals surface area contributed by atoms with Gasteiger partial charge in [-0.2, -0.15) is 0 Å². The molecule has 0 atom stereocenters.